The Kier molecular flexibility index (Phi) is 10.3. The molecule has 1 amide bonds. The smallest absolute Gasteiger partial charge is 0.311 e. The highest BCUT2D eigenvalue weighted by atomic mass is 16.6. The van der Waals surface area contributed by atoms with Crippen LogP contribution in [0.2, 0.25) is 0 Å². The van der Waals surface area contributed by atoms with Crippen molar-refractivity contribution in [3.05, 3.63) is 63.7 Å². The molecule has 4 rings (SSSR count). The van der Waals surface area contributed by atoms with Gasteiger partial charge in [-0.25, -0.2) is 0 Å². The average Bonchev–Trinajstić information content (AvgIpc) is 2.95. The summed E-state index contributed by atoms with van der Waals surface area (Å²) in [6.45, 7) is 15.6. The summed E-state index contributed by atoms with van der Waals surface area (Å²) >= 11 is 0. The minimum atomic E-state index is -0.405. The molecular formula is C33H48N4O4. The molecule has 2 heterocycles. The van der Waals surface area contributed by atoms with E-state index in [1.54, 1.807) is 12.1 Å². The second kappa shape index (κ2) is 13.7. The molecule has 41 heavy (non-hydrogen) atoms. The van der Waals surface area contributed by atoms with Crippen LogP contribution >= 0.6 is 0 Å². The average molecular weight is 565 g/mol. The molecule has 0 radical (unpaired) electrons. The molecule has 2 aliphatic heterocycles. The third kappa shape index (κ3) is 8.68. The molecule has 2 aromatic rings. The van der Waals surface area contributed by atoms with Gasteiger partial charge in [-0.2, -0.15) is 0 Å². The Morgan fingerprint density at radius 3 is 2.27 bits per heavy atom. The molecule has 2 saturated heterocycles. The van der Waals surface area contributed by atoms with Crippen LogP contribution in [0.1, 0.15) is 83.8 Å². The first-order valence-corrected chi connectivity index (χ1v) is 15.3. The van der Waals surface area contributed by atoms with E-state index in [1.165, 1.54) is 17.2 Å². The van der Waals surface area contributed by atoms with Crippen LogP contribution in [-0.4, -0.2) is 66.0 Å². The van der Waals surface area contributed by atoms with Crippen molar-refractivity contribution in [3.63, 3.8) is 0 Å². The van der Waals surface area contributed by atoms with Gasteiger partial charge in [0.25, 0.3) is 0 Å². The van der Waals surface area contributed by atoms with E-state index in [9.17, 15) is 14.9 Å². The van der Waals surface area contributed by atoms with Crippen molar-refractivity contribution < 1.29 is 14.5 Å². The van der Waals surface area contributed by atoms with E-state index in [4.69, 9.17) is 4.74 Å². The second-order valence-electron chi connectivity index (χ2n) is 13.2. The van der Waals surface area contributed by atoms with Gasteiger partial charge in [-0.05, 0) is 73.2 Å². The minimum Gasteiger partial charge on any atom is -0.486 e. The van der Waals surface area contributed by atoms with Crippen LogP contribution in [0.15, 0.2) is 42.5 Å². The lowest BCUT2D eigenvalue weighted by molar-refractivity contribution is -0.385. The van der Waals surface area contributed by atoms with Gasteiger partial charge in [0.15, 0.2) is 5.75 Å². The molecule has 8 heteroatoms. The largest absolute Gasteiger partial charge is 0.486 e. The summed E-state index contributed by atoms with van der Waals surface area (Å²) in [4.78, 5) is 28.4. The van der Waals surface area contributed by atoms with Gasteiger partial charge in [-0.15, -0.1) is 0 Å². The van der Waals surface area contributed by atoms with Crippen LogP contribution in [0, 0.1) is 16.0 Å². The Morgan fingerprint density at radius 1 is 1.02 bits per heavy atom. The van der Waals surface area contributed by atoms with Crippen molar-refractivity contribution >= 4 is 17.3 Å². The molecule has 2 aliphatic rings. The number of hydrogen-bond donors (Lipinski definition) is 1. The third-order valence-electron chi connectivity index (χ3n) is 8.42. The molecule has 8 nitrogen and oxygen atoms in total. The number of benzene rings is 2. The van der Waals surface area contributed by atoms with Crippen molar-refractivity contribution in [1.29, 1.82) is 0 Å². The third-order valence-corrected chi connectivity index (χ3v) is 8.42. The van der Waals surface area contributed by atoms with Crippen molar-refractivity contribution in [2.24, 2.45) is 5.92 Å². The molecule has 1 N–H and O–H groups in total. The van der Waals surface area contributed by atoms with E-state index in [1.807, 2.05) is 18.7 Å². The summed E-state index contributed by atoms with van der Waals surface area (Å²) in [5.41, 5.74) is 3.80. The van der Waals surface area contributed by atoms with E-state index in [0.717, 1.165) is 64.1 Å². The van der Waals surface area contributed by atoms with Crippen molar-refractivity contribution in [3.8, 4) is 5.75 Å². The van der Waals surface area contributed by atoms with Gasteiger partial charge < -0.3 is 19.9 Å². The van der Waals surface area contributed by atoms with Crippen LogP contribution in [0.25, 0.3) is 0 Å². The van der Waals surface area contributed by atoms with Gasteiger partial charge in [0, 0.05) is 49.9 Å². The maximum atomic E-state index is 13.0. The van der Waals surface area contributed by atoms with Crippen molar-refractivity contribution in [1.82, 2.24) is 9.80 Å². The summed E-state index contributed by atoms with van der Waals surface area (Å²) in [5.74, 6) is 1.42. The van der Waals surface area contributed by atoms with Crippen LogP contribution in [0.3, 0.4) is 0 Å². The number of nitrogens with one attached hydrogen (secondary N) is 1. The number of likely N-dealkylation sites (tertiary alicyclic amines) is 2. The van der Waals surface area contributed by atoms with E-state index in [2.05, 4.69) is 55.3 Å². The van der Waals surface area contributed by atoms with E-state index in [-0.39, 0.29) is 29.0 Å². The quantitative estimate of drug-likeness (QED) is 0.258. The number of ether oxygens (including phenoxy) is 1. The van der Waals surface area contributed by atoms with Crippen LogP contribution in [0.4, 0.5) is 11.4 Å². The molecule has 0 saturated carbocycles. The number of amides is 1. The second-order valence-corrected chi connectivity index (χ2v) is 13.2. The first kappa shape index (κ1) is 30.8. The van der Waals surface area contributed by atoms with Crippen molar-refractivity contribution in [2.75, 3.05) is 44.6 Å². The lowest BCUT2D eigenvalue weighted by Gasteiger charge is -2.35. The Morgan fingerprint density at radius 2 is 1.68 bits per heavy atom. The normalized spacial score (nSPS) is 17.6. The Bertz CT molecular complexity index is 1160. The molecule has 0 aliphatic carbocycles. The SMILES string of the molecule is CC(C)COc1cc(NC2CCN(C(=O)CCN3CCC(c4ccc(C(C)(C)C)cc4)CC3)CC2)ccc1[N+](=O)[O-]. The summed E-state index contributed by atoms with van der Waals surface area (Å²) in [6.07, 6.45) is 4.57. The number of nitro benzene ring substituents is 1. The molecule has 0 spiro atoms. The number of nitrogens with zero attached hydrogens (tertiary/aromatic N) is 3. The van der Waals surface area contributed by atoms with Gasteiger partial charge >= 0.3 is 5.69 Å². The fourth-order valence-corrected chi connectivity index (χ4v) is 5.79. The molecule has 0 atom stereocenters. The molecule has 0 bridgehead atoms. The van der Waals surface area contributed by atoms with E-state index < -0.39 is 4.92 Å². The van der Waals surface area contributed by atoms with Crippen LogP contribution in [0.5, 0.6) is 5.75 Å². The minimum absolute atomic E-state index is 0.0180. The topological polar surface area (TPSA) is 88.0 Å². The highest BCUT2D eigenvalue weighted by Gasteiger charge is 2.26. The molecule has 0 unspecified atom stereocenters. The van der Waals surface area contributed by atoms with Gasteiger partial charge in [0.05, 0.1) is 11.5 Å². The lowest BCUT2D eigenvalue weighted by atomic mass is 9.84. The zero-order valence-electron chi connectivity index (χ0n) is 25.5. The highest BCUT2D eigenvalue weighted by molar-refractivity contribution is 5.76. The maximum absolute atomic E-state index is 13.0. The number of carbonyl (C=O) groups excluding carboxylic acids is 1. The van der Waals surface area contributed by atoms with Crippen LogP contribution < -0.4 is 10.1 Å². The molecule has 224 valence electrons. The van der Waals surface area contributed by atoms with Gasteiger partial charge in [-0.1, -0.05) is 58.9 Å². The van der Waals surface area contributed by atoms with Gasteiger partial charge in [-0.3, -0.25) is 14.9 Å². The van der Waals surface area contributed by atoms with Gasteiger partial charge in [0.2, 0.25) is 5.91 Å². The fraction of sp³-hybridized carbons (Fsp3) is 0.606. The number of nitro groups is 1. The Hall–Kier alpha value is -3.13. The van der Waals surface area contributed by atoms with Crippen LogP contribution in [-0.2, 0) is 10.2 Å². The predicted octanol–water partition coefficient (Wildman–Crippen LogP) is 6.60. The standard InChI is InChI=1S/C33H48N4O4/c1-24(2)23-41-31-22-29(10-11-30(31)37(39)40)34-28-14-20-36(21-15-28)32(38)16-19-35-17-12-26(13-18-35)25-6-8-27(9-7-25)33(3,4)5/h6-11,22,24,26,28,34H,12-21,23H2,1-5H3. The monoisotopic (exact) mass is 564 g/mol. The number of anilines is 1. The first-order chi connectivity index (χ1) is 19.5. The van der Waals surface area contributed by atoms with Crippen molar-refractivity contribution in [2.45, 2.75) is 84.1 Å². The molecular weight excluding hydrogens is 516 g/mol. The number of rotatable bonds is 10. The summed E-state index contributed by atoms with van der Waals surface area (Å²) in [6, 6.07) is 14.4. The molecule has 0 aromatic heterocycles. The summed E-state index contributed by atoms with van der Waals surface area (Å²) in [7, 11) is 0. The predicted molar refractivity (Wildman–Crippen MR) is 165 cm³/mol. The zero-order chi connectivity index (χ0) is 29.6. The number of piperidine rings is 2. The number of hydrogen-bond acceptors (Lipinski definition) is 6. The fourth-order valence-electron chi connectivity index (χ4n) is 5.79. The van der Waals surface area contributed by atoms with E-state index >= 15 is 0 Å². The lowest BCUT2D eigenvalue weighted by Crippen LogP contribution is -2.43. The van der Waals surface area contributed by atoms with E-state index in [0.29, 0.717) is 24.7 Å². The molecule has 2 aromatic carbocycles. The van der Waals surface area contributed by atoms with Gasteiger partial charge in [0.1, 0.15) is 0 Å². The maximum Gasteiger partial charge on any atom is 0.311 e. The highest BCUT2D eigenvalue weighted by Crippen LogP contribution is 2.32. The zero-order valence-corrected chi connectivity index (χ0v) is 25.5. The first-order valence-electron chi connectivity index (χ1n) is 15.3. The summed E-state index contributed by atoms with van der Waals surface area (Å²) in [5, 5.41) is 14.9. The number of carbonyl (C=O) groups is 1. The Labute approximate surface area is 245 Å². The Balaban J connectivity index is 1.18. The molecule has 2 fully saturated rings. The summed E-state index contributed by atoms with van der Waals surface area (Å²) < 4.78 is 5.72.